The van der Waals surface area contributed by atoms with Gasteiger partial charge in [-0.3, -0.25) is 4.68 Å². The van der Waals surface area contributed by atoms with Crippen LogP contribution < -0.4 is 14.8 Å². The number of nitrogens with one attached hydrogen (secondary N) is 1. The van der Waals surface area contributed by atoms with E-state index < -0.39 is 0 Å². The minimum Gasteiger partial charge on any atom is -0.486 e. The quantitative estimate of drug-likeness (QED) is 0.782. The van der Waals surface area contributed by atoms with Gasteiger partial charge in [-0.1, -0.05) is 0 Å². The molecule has 3 heterocycles. The first-order valence-electron chi connectivity index (χ1n) is 6.75. The third kappa shape index (κ3) is 2.14. The van der Waals surface area contributed by atoms with Crippen molar-refractivity contribution in [3.05, 3.63) is 36.7 Å². The van der Waals surface area contributed by atoms with Crippen molar-refractivity contribution in [2.24, 2.45) is 7.05 Å². The van der Waals surface area contributed by atoms with E-state index >= 15 is 0 Å². The fourth-order valence-corrected chi connectivity index (χ4v) is 2.41. The summed E-state index contributed by atoms with van der Waals surface area (Å²) in [5, 5.41) is 9.57. The van der Waals surface area contributed by atoms with Crippen molar-refractivity contribution in [2.45, 2.75) is 0 Å². The van der Waals surface area contributed by atoms with Crippen molar-refractivity contribution >= 4 is 22.4 Å². The number of aromatic nitrogens is 3. The van der Waals surface area contributed by atoms with Crippen LogP contribution in [0.25, 0.3) is 10.8 Å². The van der Waals surface area contributed by atoms with Crippen LogP contribution in [-0.4, -0.2) is 28.0 Å². The van der Waals surface area contributed by atoms with Crippen LogP contribution in [0.5, 0.6) is 11.5 Å². The Bertz CT molecular complexity index is 813. The number of pyridine rings is 1. The Labute approximate surface area is 121 Å². The number of rotatable bonds is 2. The summed E-state index contributed by atoms with van der Waals surface area (Å²) in [5.41, 5.74) is 0. The maximum atomic E-state index is 5.64. The number of anilines is 2. The molecule has 106 valence electrons. The topological polar surface area (TPSA) is 61.2 Å². The van der Waals surface area contributed by atoms with Gasteiger partial charge in [-0.15, -0.1) is 0 Å². The zero-order chi connectivity index (χ0) is 14.2. The Morgan fingerprint density at radius 3 is 2.71 bits per heavy atom. The van der Waals surface area contributed by atoms with Crippen LogP contribution >= 0.6 is 0 Å². The van der Waals surface area contributed by atoms with Gasteiger partial charge in [-0.25, -0.2) is 4.98 Å². The lowest BCUT2D eigenvalue weighted by Gasteiger charge is -2.19. The number of hydrogen-bond acceptors (Lipinski definition) is 5. The monoisotopic (exact) mass is 282 g/mol. The molecule has 3 aromatic rings. The van der Waals surface area contributed by atoms with E-state index in [1.165, 1.54) is 0 Å². The molecule has 4 rings (SSSR count). The molecule has 0 amide bonds. The Kier molecular flexibility index (Phi) is 2.67. The first-order chi connectivity index (χ1) is 10.3. The lowest BCUT2D eigenvalue weighted by Crippen LogP contribution is -2.15. The van der Waals surface area contributed by atoms with E-state index in [9.17, 15) is 0 Å². The SMILES string of the molecule is Cn1ccc(Nc2nccc3cc4c(cc23)OCCO4)n1. The number of benzene rings is 1. The number of ether oxygens (including phenoxy) is 2. The van der Waals surface area contributed by atoms with E-state index in [1.54, 1.807) is 10.9 Å². The van der Waals surface area contributed by atoms with E-state index in [1.807, 2.05) is 37.5 Å². The zero-order valence-corrected chi connectivity index (χ0v) is 11.5. The van der Waals surface area contributed by atoms with Gasteiger partial charge in [0, 0.05) is 30.9 Å². The molecule has 0 atom stereocenters. The van der Waals surface area contributed by atoms with E-state index in [4.69, 9.17) is 9.47 Å². The van der Waals surface area contributed by atoms with Crippen molar-refractivity contribution in [3.63, 3.8) is 0 Å². The largest absolute Gasteiger partial charge is 0.486 e. The normalized spacial score (nSPS) is 13.4. The summed E-state index contributed by atoms with van der Waals surface area (Å²) in [4.78, 5) is 4.40. The molecule has 0 spiro atoms. The molecule has 0 aliphatic carbocycles. The fourth-order valence-electron chi connectivity index (χ4n) is 2.41. The molecule has 0 unspecified atom stereocenters. The van der Waals surface area contributed by atoms with Gasteiger partial charge < -0.3 is 14.8 Å². The molecule has 2 aromatic heterocycles. The van der Waals surface area contributed by atoms with Crippen LogP contribution in [0.2, 0.25) is 0 Å². The highest BCUT2D eigenvalue weighted by atomic mass is 16.6. The predicted molar refractivity (Wildman–Crippen MR) is 79.2 cm³/mol. The molecular weight excluding hydrogens is 268 g/mol. The van der Waals surface area contributed by atoms with Gasteiger partial charge in [0.05, 0.1) is 0 Å². The molecule has 1 N–H and O–H groups in total. The van der Waals surface area contributed by atoms with Gasteiger partial charge in [-0.2, -0.15) is 5.10 Å². The molecule has 1 aromatic carbocycles. The van der Waals surface area contributed by atoms with Crippen LogP contribution in [0.3, 0.4) is 0 Å². The molecule has 1 aliphatic heterocycles. The minimum absolute atomic E-state index is 0.571. The van der Waals surface area contributed by atoms with Gasteiger partial charge in [0.25, 0.3) is 0 Å². The van der Waals surface area contributed by atoms with Gasteiger partial charge in [-0.05, 0) is 23.6 Å². The molecule has 1 aliphatic rings. The maximum absolute atomic E-state index is 5.64. The second-order valence-corrected chi connectivity index (χ2v) is 4.88. The molecular formula is C15H14N4O2. The highest BCUT2D eigenvalue weighted by Crippen LogP contribution is 2.36. The van der Waals surface area contributed by atoms with Gasteiger partial charge >= 0.3 is 0 Å². The molecule has 0 saturated heterocycles. The summed E-state index contributed by atoms with van der Waals surface area (Å²) in [6.45, 7) is 1.16. The first-order valence-corrected chi connectivity index (χ1v) is 6.75. The van der Waals surface area contributed by atoms with Crippen molar-refractivity contribution in [1.29, 1.82) is 0 Å². The van der Waals surface area contributed by atoms with Crippen molar-refractivity contribution in [1.82, 2.24) is 14.8 Å². The molecule has 6 nitrogen and oxygen atoms in total. The third-order valence-electron chi connectivity index (χ3n) is 3.39. The van der Waals surface area contributed by atoms with Crippen LogP contribution in [0.4, 0.5) is 11.6 Å². The van der Waals surface area contributed by atoms with Crippen LogP contribution in [0.15, 0.2) is 36.7 Å². The molecule has 0 saturated carbocycles. The molecule has 0 fully saturated rings. The van der Waals surface area contributed by atoms with Gasteiger partial charge in [0.2, 0.25) is 0 Å². The number of aryl methyl sites for hydroxylation is 1. The molecule has 0 bridgehead atoms. The Balaban J connectivity index is 1.81. The van der Waals surface area contributed by atoms with E-state index in [0.29, 0.717) is 13.2 Å². The summed E-state index contributed by atoms with van der Waals surface area (Å²) in [7, 11) is 1.88. The number of hydrogen-bond donors (Lipinski definition) is 1. The predicted octanol–water partition coefficient (Wildman–Crippen LogP) is 2.48. The average molecular weight is 282 g/mol. The van der Waals surface area contributed by atoms with Crippen LogP contribution in [0, 0.1) is 0 Å². The summed E-state index contributed by atoms with van der Waals surface area (Å²) < 4.78 is 13.0. The standard InChI is InChI=1S/C15H14N4O2/c1-19-5-3-14(18-19)17-15-11-9-13-12(20-6-7-21-13)8-10(11)2-4-16-15/h2-5,8-9H,6-7H2,1H3,(H,16,17,18). The summed E-state index contributed by atoms with van der Waals surface area (Å²) in [6, 6.07) is 7.80. The lowest BCUT2D eigenvalue weighted by atomic mass is 10.1. The van der Waals surface area contributed by atoms with Gasteiger partial charge in [0.15, 0.2) is 17.3 Å². The van der Waals surface area contributed by atoms with Crippen LogP contribution in [-0.2, 0) is 7.05 Å². The van der Waals surface area contributed by atoms with E-state index in [2.05, 4.69) is 15.4 Å². The second kappa shape index (κ2) is 4.66. The minimum atomic E-state index is 0.571. The number of fused-ring (bicyclic) bond motifs is 2. The summed E-state index contributed by atoms with van der Waals surface area (Å²) >= 11 is 0. The fraction of sp³-hybridized carbons (Fsp3) is 0.200. The van der Waals surface area contributed by atoms with E-state index in [-0.39, 0.29) is 0 Å². The highest BCUT2D eigenvalue weighted by molar-refractivity contribution is 5.95. The lowest BCUT2D eigenvalue weighted by molar-refractivity contribution is 0.172. The Hall–Kier alpha value is -2.76. The van der Waals surface area contributed by atoms with Crippen LogP contribution in [0.1, 0.15) is 0 Å². The second-order valence-electron chi connectivity index (χ2n) is 4.88. The highest BCUT2D eigenvalue weighted by Gasteiger charge is 2.14. The Morgan fingerprint density at radius 2 is 1.95 bits per heavy atom. The summed E-state index contributed by atoms with van der Waals surface area (Å²) in [5.74, 6) is 3.05. The molecule has 6 heteroatoms. The smallest absolute Gasteiger partial charge is 0.162 e. The third-order valence-corrected chi connectivity index (χ3v) is 3.39. The maximum Gasteiger partial charge on any atom is 0.162 e. The number of nitrogens with zero attached hydrogens (tertiary/aromatic N) is 3. The van der Waals surface area contributed by atoms with Gasteiger partial charge in [0.1, 0.15) is 19.0 Å². The van der Waals surface area contributed by atoms with Crippen molar-refractivity contribution < 1.29 is 9.47 Å². The zero-order valence-electron chi connectivity index (χ0n) is 11.5. The van der Waals surface area contributed by atoms with E-state index in [0.717, 1.165) is 33.9 Å². The molecule has 21 heavy (non-hydrogen) atoms. The average Bonchev–Trinajstić information content (AvgIpc) is 2.91. The van der Waals surface area contributed by atoms with Crippen molar-refractivity contribution in [3.8, 4) is 11.5 Å². The Morgan fingerprint density at radius 1 is 1.14 bits per heavy atom. The summed E-state index contributed by atoms with van der Waals surface area (Å²) in [6.07, 6.45) is 3.65. The first kappa shape index (κ1) is 12.0. The molecule has 0 radical (unpaired) electrons. The van der Waals surface area contributed by atoms with Crippen molar-refractivity contribution in [2.75, 3.05) is 18.5 Å².